The fourth-order valence-electron chi connectivity index (χ4n) is 3.18. The molecule has 1 amide bonds. The maximum atomic E-state index is 12.4. The molecule has 0 heterocycles. The first-order valence-corrected chi connectivity index (χ1v) is 11.5. The van der Waals surface area contributed by atoms with Crippen molar-refractivity contribution in [1.29, 1.82) is 0 Å². The second-order valence-electron chi connectivity index (χ2n) is 7.98. The summed E-state index contributed by atoms with van der Waals surface area (Å²) in [6.07, 6.45) is 1.59. The van der Waals surface area contributed by atoms with E-state index in [-0.39, 0.29) is 5.91 Å². The molecule has 0 bridgehead atoms. The topological polar surface area (TPSA) is 59.9 Å². The molecule has 0 aliphatic heterocycles. The van der Waals surface area contributed by atoms with Crippen LogP contribution < -0.4 is 14.9 Å². The van der Waals surface area contributed by atoms with E-state index in [4.69, 9.17) is 21.1 Å². The van der Waals surface area contributed by atoms with Gasteiger partial charge in [0.25, 0.3) is 5.91 Å². The summed E-state index contributed by atoms with van der Waals surface area (Å²) in [6, 6.07) is 30.1. The lowest BCUT2D eigenvalue weighted by Crippen LogP contribution is -2.17. The van der Waals surface area contributed by atoms with Crippen LogP contribution in [0.15, 0.2) is 102 Å². The summed E-state index contributed by atoms with van der Waals surface area (Å²) in [5.74, 6) is 1.14. The van der Waals surface area contributed by atoms with Crippen molar-refractivity contribution < 1.29 is 14.3 Å². The van der Waals surface area contributed by atoms with Gasteiger partial charge in [0.1, 0.15) is 24.7 Å². The van der Waals surface area contributed by atoms with Crippen molar-refractivity contribution in [2.45, 2.75) is 20.1 Å². The summed E-state index contributed by atoms with van der Waals surface area (Å²) in [7, 11) is 0. The highest BCUT2D eigenvalue weighted by atomic mass is 35.5. The van der Waals surface area contributed by atoms with E-state index in [9.17, 15) is 4.79 Å². The molecule has 4 aromatic rings. The Morgan fingerprint density at radius 2 is 1.29 bits per heavy atom. The van der Waals surface area contributed by atoms with Gasteiger partial charge in [-0.1, -0.05) is 53.6 Å². The normalized spacial score (nSPS) is 10.8. The predicted octanol–water partition coefficient (Wildman–Crippen LogP) is 6.57. The average Bonchev–Trinajstić information content (AvgIpc) is 2.89. The molecule has 5 nitrogen and oxygen atoms in total. The summed E-state index contributed by atoms with van der Waals surface area (Å²) in [4.78, 5) is 12.4. The highest BCUT2D eigenvalue weighted by Gasteiger charge is 2.05. The number of aryl methyl sites for hydroxylation is 1. The summed E-state index contributed by atoms with van der Waals surface area (Å²) >= 11 is 5.89. The zero-order valence-corrected chi connectivity index (χ0v) is 20.0. The number of amides is 1. The predicted molar refractivity (Wildman–Crippen MR) is 139 cm³/mol. The second kappa shape index (κ2) is 11.9. The number of hydrogen-bond acceptors (Lipinski definition) is 4. The summed E-state index contributed by atoms with van der Waals surface area (Å²) < 4.78 is 11.6. The smallest absolute Gasteiger partial charge is 0.271 e. The van der Waals surface area contributed by atoms with E-state index in [0.717, 1.165) is 22.4 Å². The van der Waals surface area contributed by atoms with Crippen LogP contribution in [0.25, 0.3) is 0 Å². The van der Waals surface area contributed by atoms with E-state index < -0.39 is 0 Å². The Bertz CT molecular complexity index is 1270. The van der Waals surface area contributed by atoms with Crippen LogP contribution in [-0.4, -0.2) is 12.1 Å². The van der Waals surface area contributed by atoms with Crippen LogP contribution in [-0.2, 0) is 13.2 Å². The van der Waals surface area contributed by atoms with Gasteiger partial charge in [-0.05, 0) is 84.3 Å². The zero-order chi connectivity index (χ0) is 24.5. The number of halogens is 1. The van der Waals surface area contributed by atoms with Gasteiger partial charge >= 0.3 is 0 Å². The van der Waals surface area contributed by atoms with Crippen molar-refractivity contribution in [3.8, 4) is 11.5 Å². The third kappa shape index (κ3) is 7.45. The number of carbonyl (C=O) groups is 1. The fraction of sp³-hybridized carbons (Fsp3) is 0.103. The molecule has 0 radical (unpaired) electrons. The number of nitrogens with zero attached hydrogens (tertiary/aromatic N) is 1. The Morgan fingerprint density at radius 3 is 1.86 bits per heavy atom. The van der Waals surface area contributed by atoms with Crippen molar-refractivity contribution in [2.24, 2.45) is 5.10 Å². The van der Waals surface area contributed by atoms with Crippen molar-refractivity contribution >= 4 is 23.7 Å². The molecule has 176 valence electrons. The van der Waals surface area contributed by atoms with Gasteiger partial charge in [-0.2, -0.15) is 5.10 Å². The van der Waals surface area contributed by atoms with Crippen LogP contribution >= 0.6 is 11.6 Å². The first kappa shape index (κ1) is 24.0. The molecule has 0 aromatic heterocycles. The molecule has 0 aliphatic carbocycles. The Balaban J connectivity index is 1.23. The number of hydrazone groups is 1. The van der Waals surface area contributed by atoms with Crippen molar-refractivity contribution in [3.05, 3.63) is 130 Å². The number of ether oxygens (including phenoxy) is 2. The molecule has 35 heavy (non-hydrogen) atoms. The van der Waals surface area contributed by atoms with Gasteiger partial charge in [-0.3, -0.25) is 4.79 Å². The molecule has 0 aliphatic rings. The molecule has 0 saturated heterocycles. The van der Waals surface area contributed by atoms with Crippen molar-refractivity contribution in [1.82, 2.24) is 5.43 Å². The molecule has 0 fully saturated rings. The van der Waals surface area contributed by atoms with Gasteiger partial charge in [0.05, 0.1) is 6.21 Å². The van der Waals surface area contributed by atoms with Gasteiger partial charge in [0.15, 0.2) is 0 Å². The Morgan fingerprint density at radius 1 is 0.771 bits per heavy atom. The second-order valence-corrected chi connectivity index (χ2v) is 8.42. The first-order chi connectivity index (χ1) is 17.0. The molecule has 0 spiro atoms. The summed E-state index contributed by atoms with van der Waals surface area (Å²) in [6.45, 7) is 2.99. The van der Waals surface area contributed by atoms with E-state index in [0.29, 0.717) is 29.5 Å². The highest BCUT2D eigenvalue weighted by Crippen LogP contribution is 2.16. The lowest BCUT2D eigenvalue weighted by molar-refractivity contribution is 0.0955. The minimum atomic E-state index is -0.302. The SMILES string of the molecule is Cc1ccc(COc2ccc(C=NNC(=O)c3ccc(OCc4ccc(Cl)cc4)cc3)cc2)cc1. The Kier molecular flexibility index (Phi) is 8.15. The lowest BCUT2D eigenvalue weighted by atomic mass is 10.2. The molecule has 1 N–H and O–H groups in total. The summed E-state index contributed by atoms with van der Waals surface area (Å²) in [5, 5.41) is 4.73. The van der Waals surface area contributed by atoms with Gasteiger partial charge in [-0.15, -0.1) is 0 Å². The first-order valence-electron chi connectivity index (χ1n) is 11.1. The monoisotopic (exact) mass is 484 g/mol. The highest BCUT2D eigenvalue weighted by molar-refractivity contribution is 6.30. The van der Waals surface area contributed by atoms with Crippen LogP contribution in [0.1, 0.15) is 32.6 Å². The Hall–Kier alpha value is -4.09. The zero-order valence-electron chi connectivity index (χ0n) is 19.3. The Labute approximate surface area is 210 Å². The average molecular weight is 485 g/mol. The molecule has 4 aromatic carbocycles. The van der Waals surface area contributed by atoms with Crippen molar-refractivity contribution in [3.63, 3.8) is 0 Å². The molecule has 0 unspecified atom stereocenters. The fourth-order valence-corrected chi connectivity index (χ4v) is 3.31. The van der Waals surface area contributed by atoms with E-state index in [1.165, 1.54) is 5.56 Å². The molecule has 6 heteroatoms. The van der Waals surface area contributed by atoms with E-state index in [1.54, 1.807) is 30.5 Å². The molecular formula is C29H25ClN2O3. The van der Waals surface area contributed by atoms with Crippen LogP contribution in [0.3, 0.4) is 0 Å². The van der Waals surface area contributed by atoms with Gasteiger partial charge < -0.3 is 9.47 Å². The number of hydrogen-bond donors (Lipinski definition) is 1. The summed E-state index contributed by atoms with van der Waals surface area (Å²) in [5.41, 5.74) is 7.22. The molecule has 0 saturated carbocycles. The number of rotatable bonds is 9. The van der Waals surface area contributed by atoms with Crippen LogP contribution in [0.2, 0.25) is 5.02 Å². The largest absolute Gasteiger partial charge is 0.489 e. The van der Waals surface area contributed by atoms with Crippen LogP contribution in [0.5, 0.6) is 11.5 Å². The number of benzene rings is 4. The maximum absolute atomic E-state index is 12.4. The maximum Gasteiger partial charge on any atom is 0.271 e. The minimum Gasteiger partial charge on any atom is -0.489 e. The van der Waals surface area contributed by atoms with Gasteiger partial charge in [-0.25, -0.2) is 5.43 Å². The van der Waals surface area contributed by atoms with Gasteiger partial charge in [0, 0.05) is 10.6 Å². The number of carbonyl (C=O) groups excluding carboxylic acids is 1. The van der Waals surface area contributed by atoms with Crippen LogP contribution in [0, 0.1) is 6.92 Å². The van der Waals surface area contributed by atoms with E-state index in [2.05, 4.69) is 41.7 Å². The quantitative estimate of drug-likeness (QED) is 0.216. The standard InChI is InChI=1S/C29H25ClN2O3/c1-21-2-4-23(5-3-21)19-34-27-14-8-22(9-15-27)18-31-32-29(33)25-10-16-28(17-11-25)35-20-24-6-12-26(30)13-7-24/h2-18H,19-20H2,1H3,(H,32,33). The van der Waals surface area contributed by atoms with Crippen LogP contribution in [0.4, 0.5) is 0 Å². The van der Waals surface area contributed by atoms with Crippen molar-refractivity contribution in [2.75, 3.05) is 0 Å². The third-order valence-corrected chi connectivity index (χ3v) is 5.47. The molecular weight excluding hydrogens is 460 g/mol. The molecule has 4 rings (SSSR count). The number of nitrogens with one attached hydrogen (secondary N) is 1. The molecule has 0 atom stereocenters. The lowest BCUT2D eigenvalue weighted by Gasteiger charge is -2.07. The third-order valence-electron chi connectivity index (χ3n) is 5.22. The van der Waals surface area contributed by atoms with Gasteiger partial charge in [0.2, 0.25) is 0 Å². The van der Waals surface area contributed by atoms with E-state index >= 15 is 0 Å². The van der Waals surface area contributed by atoms with E-state index in [1.807, 2.05) is 48.5 Å². The minimum absolute atomic E-state index is 0.302.